The summed E-state index contributed by atoms with van der Waals surface area (Å²) in [5.41, 5.74) is 5.25. The standard InChI is InChI=1S/C12H19FN2O3S/c1-8-10(13)5-9(6-11(8)14)19(16,17)15-7-12(2,3)18-4/h5-6,15H,7,14H2,1-4H3. The van der Waals surface area contributed by atoms with Gasteiger partial charge in [-0.25, -0.2) is 17.5 Å². The van der Waals surface area contributed by atoms with Gasteiger partial charge in [-0.3, -0.25) is 0 Å². The Hall–Kier alpha value is -1.18. The van der Waals surface area contributed by atoms with E-state index in [0.29, 0.717) is 0 Å². The van der Waals surface area contributed by atoms with Gasteiger partial charge in [-0.15, -0.1) is 0 Å². The van der Waals surface area contributed by atoms with E-state index in [2.05, 4.69) is 4.72 Å². The van der Waals surface area contributed by atoms with Crippen LogP contribution in [0.15, 0.2) is 17.0 Å². The molecule has 0 saturated carbocycles. The molecule has 0 fully saturated rings. The molecule has 7 heteroatoms. The fraction of sp³-hybridized carbons (Fsp3) is 0.500. The van der Waals surface area contributed by atoms with Gasteiger partial charge in [0.2, 0.25) is 10.0 Å². The van der Waals surface area contributed by atoms with E-state index in [1.807, 2.05) is 0 Å². The van der Waals surface area contributed by atoms with Crippen LogP contribution in [-0.4, -0.2) is 27.7 Å². The second kappa shape index (κ2) is 5.44. The SMILES string of the molecule is COC(C)(C)CNS(=O)(=O)c1cc(N)c(C)c(F)c1. The van der Waals surface area contributed by atoms with E-state index in [0.717, 1.165) is 6.07 Å². The van der Waals surface area contributed by atoms with Gasteiger partial charge in [0.05, 0.1) is 10.5 Å². The highest BCUT2D eigenvalue weighted by Gasteiger charge is 2.22. The number of anilines is 1. The quantitative estimate of drug-likeness (QED) is 0.804. The second-order valence-corrected chi connectivity index (χ2v) is 6.67. The predicted octanol–water partition coefficient (Wildman–Crippen LogP) is 1.42. The van der Waals surface area contributed by atoms with Crippen LogP contribution in [0.1, 0.15) is 19.4 Å². The van der Waals surface area contributed by atoms with Gasteiger partial charge in [0, 0.05) is 24.9 Å². The zero-order chi connectivity index (χ0) is 14.8. The first-order valence-corrected chi connectivity index (χ1v) is 7.18. The Morgan fingerprint density at radius 1 is 1.42 bits per heavy atom. The summed E-state index contributed by atoms with van der Waals surface area (Å²) >= 11 is 0. The van der Waals surface area contributed by atoms with Crippen molar-refractivity contribution in [3.05, 3.63) is 23.5 Å². The number of nitrogens with one attached hydrogen (secondary N) is 1. The number of nitrogen functional groups attached to an aromatic ring is 1. The molecule has 0 radical (unpaired) electrons. The molecule has 1 aromatic carbocycles. The van der Waals surface area contributed by atoms with E-state index in [9.17, 15) is 12.8 Å². The number of sulfonamides is 1. The number of rotatable bonds is 5. The van der Waals surface area contributed by atoms with Gasteiger partial charge in [0.15, 0.2) is 0 Å². The predicted molar refractivity (Wildman–Crippen MR) is 71.8 cm³/mol. The van der Waals surface area contributed by atoms with E-state index in [1.165, 1.54) is 20.1 Å². The topological polar surface area (TPSA) is 81.4 Å². The summed E-state index contributed by atoms with van der Waals surface area (Å²) in [4.78, 5) is -0.194. The highest BCUT2D eigenvalue weighted by Crippen LogP contribution is 2.21. The molecule has 0 atom stereocenters. The Kier molecular flexibility index (Phi) is 4.54. The molecular weight excluding hydrogens is 271 g/mol. The van der Waals surface area contributed by atoms with Crippen molar-refractivity contribution in [2.24, 2.45) is 0 Å². The number of halogens is 1. The minimum Gasteiger partial charge on any atom is -0.398 e. The molecule has 19 heavy (non-hydrogen) atoms. The average molecular weight is 290 g/mol. The van der Waals surface area contributed by atoms with E-state index in [-0.39, 0.29) is 22.7 Å². The van der Waals surface area contributed by atoms with Crippen LogP contribution in [0.5, 0.6) is 0 Å². The van der Waals surface area contributed by atoms with E-state index in [1.54, 1.807) is 13.8 Å². The molecule has 0 amide bonds. The molecule has 3 N–H and O–H groups in total. The summed E-state index contributed by atoms with van der Waals surface area (Å²) in [5.74, 6) is -0.647. The lowest BCUT2D eigenvalue weighted by atomic mass is 10.1. The highest BCUT2D eigenvalue weighted by atomic mass is 32.2. The van der Waals surface area contributed by atoms with Crippen molar-refractivity contribution in [3.63, 3.8) is 0 Å². The molecule has 0 heterocycles. The van der Waals surface area contributed by atoms with Crippen molar-refractivity contribution in [2.75, 3.05) is 19.4 Å². The minimum atomic E-state index is -3.82. The number of benzene rings is 1. The zero-order valence-electron chi connectivity index (χ0n) is 11.5. The van der Waals surface area contributed by atoms with Crippen molar-refractivity contribution in [3.8, 4) is 0 Å². The highest BCUT2D eigenvalue weighted by molar-refractivity contribution is 7.89. The normalized spacial score (nSPS) is 12.7. The number of hydrogen-bond donors (Lipinski definition) is 2. The van der Waals surface area contributed by atoms with Gasteiger partial charge in [0.1, 0.15) is 5.82 Å². The molecule has 0 aliphatic heterocycles. The molecule has 0 bridgehead atoms. The third-order valence-corrected chi connectivity index (χ3v) is 4.29. The van der Waals surface area contributed by atoms with Crippen LogP contribution in [0.3, 0.4) is 0 Å². The van der Waals surface area contributed by atoms with Crippen LogP contribution in [0.4, 0.5) is 10.1 Å². The summed E-state index contributed by atoms with van der Waals surface area (Å²) < 4.78 is 45.0. The monoisotopic (exact) mass is 290 g/mol. The van der Waals surface area contributed by atoms with Crippen molar-refractivity contribution in [1.29, 1.82) is 0 Å². The summed E-state index contributed by atoms with van der Waals surface area (Å²) in [6.07, 6.45) is 0. The molecule has 0 saturated heterocycles. The summed E-state index contributed by atoms with van der Waals surface area (Å²) in [7, 11) is -2.33. The van der Waals surface area contributed by atoms with Gasteiger partial charge in [0.25, 0.3) is 0 Å². The molecule has 0 aliphatic rings. The van der Waals surface area contributed by atoms with Crippen LogP contribution < -0.4 is 10.5 Å². The van der Waals surface area contributed by atoms with E-state index < -0.39 is 21.4 Å². The Balaban J connectivity index is 3.02. The number of methoxy groups -OCH3 is 1. The van der Waals surface area contributed by atoms with Gasteiger partial charge in [-0.05, 0) is 32.9 Å². The molecule has 108 valence electrons. The molecular formula is C12H19FN2O3S. The second-order valence-electron chi connectivity index (χ2n) is 4.91. The molecule has 1 rings (SSSR count). The van der Waals surface area contributed by atoms with E-state index >= 15 is 0 Å². The first kappa shape index (κ1) is 15.9. The Bertz CT molecular complexity index is 547. The first-order chi connectivity index (χ1) is 8.59. The van der Waals surface area contributed by atoms with Crippen LogP contribution in [0.25, 0.3) is 0 Å². The van der Waals surface area contributed by atoms with Gasteiger partial charge < -0.3 is 10.5 Å². The molecule has 0 spiro atoms. The summed E-state index contributed by atoms with van der Waals surface area (Å²) in [6, 6.07) is 2.19. The molecule has 0 unspecified atom stereocenters. The largest absolute Gasteiger partial charge is 0.398 e. The van der Waals surface area contributed by atoms with Crippen LogP contribution >= 0.6 is 0 Å². The number of nitrogens with two attached hydrogens (primary N) is 1. The lowest BCUT2D eigenvalue weighted by Crippen LogP contribution is -2.39. The number of hydrogen-bond acceptors (Lipinski definition) is 4. The first-order valence-electron chi connectivity index (χ1n) is 5.69. The van der Waals surface area contributed by atoms with Gasteiger partial charge in [-0.2, -0.15) is 0 Å². The van der Waals surface area contributed by atoms with Crippen molar-refractivity contribution >= 4 is 15.7 Å². The Labute approximate surface area is 113 Å². The van der Waals surface area contributed by atoms with Crippen LogP contribution in [0.2, 0.25) is 0 Å². The molecule has 5 nitrogen and oxygen atoms in total. The van der Waals surface area contributed by atoms with Gasteiger partial charge >= 0.3 is 0 Å². The van der Waals surface area contributed by atoms with Crippen molar-refractivity contribution < 1.29 is 17.5 Å². The van der Waals surface area contributed by atoms with Gasteiger partial charge in [-0.1, -0.05) is 0 Å². The Morgan fingerprint density at radius 2 is 2.00 bits per heavy atom. The minimum absolute atomic E-state index is 0.0707. The zero-order valence-corrected chi connectivity index (χ0v) is 12.3. The fourth-order valence-electron chi connectivity index (χ4n) is 1.25. The van der Waals surface area contributed by atoms with Crippen molar-refractivity contribution in [1.82, 2.24) is 4.72 Å². The van der Waals surface area contributed by atoms with Crippen LogP contribution in [0, 0.1) is 12.7 Å². The summed E-state index contributed by atoms with van der Waals surface area (Å²) in [6.45, 7) is 5.03. The lowest BCUT2D eigenvalue weighted by Gasteiger charge is -2.23. The maximum absolute atomic E-state index is 13.5. The van der Waals surface area contributed by atoms with E-state index in [4.69, 9.17) is 10.5 Å². The van der Waals surface area contributed by atoms with Crippen molar-refractivity contribution in [2.45, 2.75) is 31.3 Å². The molecule has 0 aromatic heterocycles. The maximum atomic E-state index is 13.5. The average Bonchev–Trinajstić information content (AvgIpc) is 2.33. The molecule has 1 aromatic rings. The molecule has 0 aliphatic carbocycles. The smallest absolute Gasteiger partial charge is 0.240 e. The third kappa shape index (κ3) is 3.89. The fourth-order valence-corrected chi connectivity index (χ4v) is 2.50. The summed E-state index contributed by atoms with van der Waals surface area (Å²) in [5, 5.41) is 0. The Morgan fingerprint density at radius 3 is 2.47 bits per heavy atom. The lowest BCUT2D eigenvalue weighted by molar-refractivity contribution is 0.0276. The third-order valence-electron chi connectivity index (χ3n) is 2.91. The van der Waals surface area contributed by atoms with Crippen LogP contribution in [-0.2, 0) is 14.8 Å². The number of ether oxygens (including phenoxy) is 1. The maximum Gasteiger partial charge on any atom is 0.240 e.